The molecule has 1 saturated heterocycles. The fourth-order valence-corrected chi connectivity index (χ4v) is 3.48. The van der Waals surface area contributed by atoms with Crippen LogP contribution in [0, 0.1) is 6.92 Å². The van der Waals surface area contributed by atoms with E-state index in [4.69, 9.17) is 9.47 Å². The lowest BCUT2D eigenvalue weighted by Crippen LogP contribution is -2.48. The predicted octanol–water partition coefficient (Wildman–Crippen LogP) is 2.20. The molecule has 0 aliphatic carbocycles. The lowest BCUT2D eigenvalue weighted by atomic mass is 10.1. The Morgan fingerprint density at radius 1 is 1.03 bits per heavy atom. The van der Waals surface area contributed by atoms with Crippen molar-refractivity contribution in [3.05, 3.63) is 59.2 Å². The standard InChI is InChI=1S/C24H30N4O4/c1-18-4-6-20(7-5-18)16-27-10-12-28(13-11-27)17-24(30)26-25-15-21-8-9-22(32-19(2)29)23(14-21)31-3/h4-9,14-15H,10-13,16-17H2,1-3H3,(H,26,30)/b25-15+. The molecule has 8 heteroatoms. The lowest BCUT2D eigenvalue weighted by molar-refractivity contribution is -0.132. The number of hydrogen-bond acceptors (Lipinski definition) is 7. The third-order valence-corrected chi connectivity index (χ3v) is 5.20. The fourth-order valence-electron chi connectivity index (χ4n) is 3.48. The summed E-state index contributed by atoms with van der Waals surface area (Å²) in [6.45, 7) is 8.21. The van der Waals surface area contributed by atoms with Gasteiger partial charge in [0.05, 0.1) is 19.9 Å². The zero-order valence-electron chi connectivity index (χ0n) is 18.8. The minimum Gasteiger partial charge on any atom is -0.493 e. The van der Waals surface area contributed by atoms with Crippen molar-refractivity contribution in [2.24, 2.45) is 5.10 Å². The van der Waals surface area contributed by atoms with Crippen molar-refractivity contribution in [2.75, 3.05) is 39.8 Å². The van der Waals surface area contributed by atoms with Crippen LogP contribution in [0.1, 0.15) is 23.6 Å². The second-order valence-electron chi connectivity index (χ2n) is 7.84. The summed E-state index contributed by atoms with van der Waals surface area (Å²) in [4.78, 5) is 27.9. The Balaban J connectivity index is 1.42. The van der Waals surface area contributed by atoms with Gasteiger partial charge >= 0.3 is 5.97 Å². The van der Waals surface area contributed by atoms with Crippen molar-refractivity contribution in [3.8, 4) is 11.5 Å². The normalized spacial score (nSPS) is 15.0. The van der Waals surface area contributed by atoms with Crippen LogP contribution in [0.4, 0.5) is 0 Å². The molecule has 1 amide bonds. The third-order valence-electron chi connectivity index (χ3n) is 5.20. The molecule has 0 spiro atoms. The molecule has 0 unspecified atom stereocenters. The number of hydrogen-bond donors (Lipinski definition) is 1. The summed E-state index contributed by atoms with van der Waals surface area (Å²) >= 11 is 0. The smallest absolute Gasteiger partial charge is 0.308 e. The van der Waals surface area contributed by atoms with Gasteiger partial charge in [0.2, 0.25) is 0 Å². The predicted molar refractivity (Wildman–Crippen MR) is 123 cm³/mol. The number of hydrazone groups is 1. The van der Waals surface area contributed by atoms with E-state index in [2.05, 4.69) is 51.5 Å². The first-order chi connectivity index (χ1) is 15.4. The van der Waals surface area contributed by atoms with Crippen molar-refractivity contribution in [1.29, 1.82) is 0 Å². The van der Waals surface area contributed by atoms with E-state index in [0.717, 1.165) is 32.7 Å². The SMILES string of the molecule is COc1cc(/C=N/NC(=O)CN2CCN(Cc3ccc(C)cc3)CC2)ccc1OC(C)=O. The average Bonchev–Trinajstić information content (AvgIpc) is 2.77. The van der Waals surface area contributed by atoms with Crippen molar-refractivity contribution >= 4 is 18.1 Å². The molecule has 1 N–H and O–H groups in total. The summed E-state index contributed by atoms with van der Waals surface area (Å²) in [6, 6.07) is 13.7. The molecule has 1 fully saturated rings. The highest BCUT2D eigenvalue weighted by Gasteiger charge is 2.18. The summed E-state index contributed by atoms with van der Waals surface area (Å²) in [6.07, 6.45) is 1.53. The Hall–Kier alpha value is -3.23. The quantitative estimate of drug-likeness (QED) is 0.294. The monoisotopic (exact) mass is 438 g/mol. The molecule has 0 aromatic heterocycles. The number of amides is 1. The Morgan fingerprint density at radius 2 is 1.72 bits per heavy atom. The van der Waals surface area contributed by atoms with Crippen molar-refractivity contribution < 1.29 is 19.1 Å². The Bertz CT molecular complexity index is 951. The molecule has 8 nitrogen and oxygen atoms in total. The highest BCUT2D eigenvalue weighted by Crippen LogP contribution is 2.27. The van der Waals surface area contributed by atoms with Gasteiger partial charge in [0.1, 0.15) is 0 Å². The van der Waals surface area contributed by atoms with Gasteiger partial charge in [-0.1, -0.05) is 29.8 Å². The van der Waals surface area contributed by atoms with Gasteiger partial charge < -0.3 is 9.47 Å². The second kappa shape index (κ2) is 11.4. The van der Waals surface area contributed by atoms with Gasteiger partial charge in [0.25, 0.3) is 5.91 Å². The van der Waals surface area contributed by atoms with Gasteiger partial charge in [-0.25, -0.2) is 5.43 Å². The maximum absolute atomic E-state index is 12.2. The Morgan fingerprint density at radius 3 is 2.38 bits per heavy atom. The molecular formula is C24H30N4O4. The number of esters is 1. The van der Waals surface area contributed by atoms with Crippen LogP contribution in [0.15, 0.2) is 47.6 Å². The van der Waals surface area contributed by atoms with Gasteiger partial charge in [-0.3, -0.25) is 19.4 Å². The summed E-state index contributed by atoms with van der Waals surface area (Å²) in [5.74, 6) is 0.173. The zero-order chi connectivity index (χ0) is 22.9. The van der Waals surface area contributed by atoms with Crippen LogP contribution in [0.25, 0.3) is 0 Å². The summed E-state index contributed by atoms with van der Waals surface area (Å²) < 4.78 is 10.3. The molecular weight excluding hydrogens is 408 g/mol. The molecule has 32 heavy (non-hydrogen) atoms. The summed E-state index contributed by atoms with van der Waals surface area (Å²) in [7, 11) is 1.49. The van der Waals surface area contributed by atoms with E-state index in [1.807, 2.05) is 0 Å². The third kappa shape index (κ3) is 7.18. The molecule has 2 aromatic carbocycles. The van der Waals surface area contributed by atoms with Crippen LogP contribution in [0.5, 0.6) is 11.5 Å². The van der Waals surface area contributed by atoms with E-state index in [9.17, 15) is 9.59 Å². The van der Waals surface area contributed by atoms with E-state index in [1.165, 1.54) is 31.4 Å². The zero-order valence-corrected chi connectivity index (χ0v) is 18.8. The topological polar surface area (TPSA) is 83.5 Å². The molecule has 0 atom stereocenters. The van der Waals surface area contributed by atoms with E-state index in [0.29, 0.717) is 23.6 Å². The lowest BCUT2D eigenvalue weighted by Gasteiger charge is -2.34. The fraction of sp³-hybridized carbons (Fsp3) is 0.375. The van der Waals surface area contributed by atoms with Gasteiger partial charge in [0.15, 0.2) is 11.5 Å². The minimum atomic E-state index is -0.423. The number of rotatable bonds is 8. The number of aryl methyl sites for hydroxylation is 1. The van der Waals surface area contributed by atoms with Crippen LogP contribution >= 0.6 is 0 Å². The van der Waals surface area contributed by atoms with Crippen LogP contribution in [0.2, 0.25) is 0 Å². The largest absolute Gasteiger partial charge is 0.493 e. The maximum atomic E-state index is 12.2. The van der Waals surface area contributed by atoms with Crippen molar-refractivity contribution in [2.45, 2.75) is 20.4 Å². The van der Waals surface area contributed by atoms with Crippen LogP contribution < -0.4 is 14.9 Å². The molecule has 1 heterocycles. The number of ether oxygens (including phenoxy) is 2. The first-order valence-electron chi connectivity index (χ1n) is 10.6. The molecule has 0 radical (unpaired) electrons. The van der Waals surface area contributed by atoms with E-state index >= 15 is 0 Å². The molecule has 0 bridgehead atoms. The van der Waals surface area contributed by atoms with Crippen LogP contribution in [0.3, 0.4) is 0 Å². The summed E-state index contributed by atoms with van der Waals surface area (Å²) in [5.41, 5.74) is 5.86. The highest BCUT2D eigenvalue weighted by molar-refractivity contribution is 5.84. The Labute approximate surface area is 188 Å². The molecule has 170 valence electrons. The molecule has 2 aromatic rings. The van der Waals surface area contributed by atoms with Crippen molar-refractivity contribution in [3.63, 3.8) is 0 Å². The highest BCUT2D eigenvalue weighted by atomic mass is 16.6. The summed E-state index contributed by atoms with van der Waals surface area (Å²) in [5, 5.41) is 4.03. The van der Waals surface area contributed by atoms with Crippen LogP contribution in [-0.4, -0.2) is 67.7 Å². The van der Waals surface area contributed by atoms with Gasteiger partial charge in [-0.2, -0.15) is 5.10 Å². The second-order valence-corrected chi connectivity index (χ2v) is 7.84. The van der Waals surface area contributed by atoms with Gasteiger partial charge in [0, 0.05) is 39.6 Å². The first-order valence-corrected chi connectivity index (χ1v) is 10.6. The van der Waals surface area contributed by atoms with Gasteiger partial charge in [-0.15, -0.1) is 0 Å². The van der Waals surface area contributed by atoms with Crippen molar-refractivity contribution in [1.82, 2.24) is 15.2 Å². The average molecular weight is 439 g/mol. The number of piperazine rings is 1. The first kappa shape index (κ1) is 23.4. The Kier molecular flexibility index (Phi) is 8.35. The number of carbonyl (C=O) groups is 2. The van der Waals surface area contributed by atoms with E-state index < -0.39 is 5.97 Å². The minimum absolute atomic E-state index is 0.156. The van der Waals surface area contributed by atoms with E-state index in [-0.39, 0.29) is 5.91 Å². The molecule has 0 saturated carbocycles. The van der Waals surface area contributed by atoms with Crippen LogP contribution in [-0.2, 0) is 16.1 Å². The van der Waals surface area contributed by atoms with Gasteiger partial charge in [-0.05, 0) is 36.2 Å². The molecule has 1 aliphatic heterocycles. The number of benzene rings is 2. The number of methoxy groups -OCH3 is 1. The number of nitrogens with zero attached hydrogens (tertiary/aromatic N) is 3. The number of carbonyl (C=O) groups excluding carboxylic acids is 2. The van der Waals surface area contributed by atoms with E-state index in [1.54, 1.807) is 18.2 Å². The number of nitrogens with one attached hydrogen (secondary N) is 1. The maximum Gasteiger partial charge on any atom is 0.308 e. The molecule has 1 aliphatic rings. The molecule has 3 rings (SSSR count).